The van der Waals surface area contributed by atoms with Crippen LogP contribution in [0.15, 0.2) is 42.1 Å². The first kappa shape index (κ1) is 16.2. The minimum atomic E-state index is -0.599. The van der Waals surface area contributed by atoms with Crippen LogP contribution < -0.4 is 0 Å². The molecule has 0 bridgehead atoms. The van der Waals surface area contributed by atoms with Crippen molar-refractivity contribution in [3.63, 3.8) is 0 Å². The fourth-order valence-electron chi connectivity index (χ4n) is 3.16. The second-order valence-corrected chi connectivity index (χ2v) is 6.04. The maximum Gasteiger partial charge on any atom is 0.411 e. The van der Waals surface area contributed by atoms with Crippen LogP contribution >= 0.6 is 0 Å². The van der Waals surface area contributed by atoms with Crippen LogP contribution in [0.1, 0.15) is 25.3 Å². The van der Waals surface area contributed by atoms with E-state index in [2.05, 4.69) is 0 Å². The second kappa shape index (κ2) is 6.86. The largest absolute Gasteiger partial charge is 0.445 e. The lowest BCUT2D eigenvalue weighted by Gasteiger charge is -2.40. The number of nitrogens with zero attached hydrogens (tertiary/aromatic N) is 2. The number of rotatable bonds is 4. The Bertz CT molecular complexity index is 671. The van der Waals surface area contributed by atoms with Gasteiger partial charge < -0.3 is 14.4 Å². The molecule has 2 atom stereocenters. The van der Waals surface area contributed by atoms with Gasteiger partial charge in [-0.05, 0) is 18.9 Å². The fourth-order valence-corrected chi connectivity index (χ4v) is 3.16. The van der Waals surface area contributed by atoms with Gasteiger partial charge in [0.1, 0.15) is 18.9 Å². The number of carbonyl (C=O) groups excluding carboxylic acids is 3. The van der Waals surface area contributed by atoms with E-state index in [1.54, 1.807) is 11.8 Å². The molecule has 6 heteroatoms. The monoisotopic (exact) mass is 328 g/mol. The number of piperazine rings is 1. The zero-order valence-electron chi connectivity index (χ0n) is 13.6. The van der Waals surface area contributed by atoms with Crippen molar-refractivity contribution in [3.8, 4) is 0 Å². The molecule has 2 aliphatic rings. The molecule has 0 N–H and O–H groups in total. The predicted molar refractivity (Wildman–Crippen MR) is 86.8 cm³/mol. The number of ether oxygens (including phenoxy) is 1. The molecule has 24 heavy (non-hydrogen) atoms. The molecule has 2 aliphatic heterocycles. The summed E-state index contributed by atoms with van der Waals surface area (Å²) < 4.78 is 5.34. The highest BCUT2D eigenvalue weighted by Gasteiger charge is 2.42. The van der Waals surface area contributed by atoms with Crippen molar-refractivity contribution in [2.45, 2.75) is 38.5 Å². The van der Waals surface area contributed by atoms with E-state index in [-0.39, 0.29) is 18.6 Å². The molecular formula is C18H20N2O4. The Kier molecular flexibility index (Phi) is 4.64. The van der Waals surface area contributed by atoms with Gasteiger partial charge in [-0.3, -0.25) is 9.69 Å². The van der Waals surface area contributed by atoms with E-state index < -0.39 is 12.1 Å². The summed E-state index contributed by atoms with van der Waals surface area (Å²) in [7, 11) is 0. The number of hydrogen-bond donors (Lipinski definition) is 0. The van der Waals surface area contributed by atoms with Gasteiger partial charge in [0, 0.05) is 18.2 Å². The van der Waals surface area contributed by atoms with E-state index in [1.807, 2.05) is 36.4 Å². The number of aldehydes is 1. The highest BCUT2D eigenvalue weighted by Crippen LogP contribution is 2.30. The molecule has 1 aromatic rings. The van der Waals surface area contributed by atoms with Crippen LogP contribution in [0.3, 0.4) is 0 Å². The lowest BCUT2D eigenvalue weighted by atomic mass is 10.1. The Morgan fingerprint density at radius 2 is 2.08 bits per heavy atom. The molecule has 6 nitrogen and oxygen atoms in total. The molecule has 0 radical (unpaired) electrons. The zero-order valence-corrected chi connectivity index (χ0v) is 13.6. The van der Waals surface area contributed by atoms with Crippen molar-refractivity contribution in [2.24, 2.45) is 0 Å². The van der Waals surface area contributed by atoms with E-state index in [1.165, 1.54) is 4.90 Å². The van der Waals surface area contributed by atoms with Gasteiger partial charge >= 0.3 is 6.09 Å². The normalized spacial score (nSPS) is 22.9. The summed E-state index contributed by atoms with van der Waals surface area (Å²) in [5, 5.41) is 0. The topological polar surface area (TPSA) is 66.9 Å². The highest BCUT2D eigenvalue weighted by molar-refractivity contribution is 5.89. The summed E-state index contributed by atoms with van der Waals surface area (Å²) in [6.07, 6.45) is 3.23. The van der Waals surface area contributed by atoms with Crippen LogP contribution in [0.25, 0.3) is 0 Å². The summed E-state index contributed by atoms with van der Waals surface area (Å²) in [5.74, 6) is -0.159. The first-order valence-electron chi connectivity index (χ1n) is 8.05. The average molecular weight is 328 g/mol. The summed E-state index contributed by atoms with van der Waals surface area (Å²) in [5.41, 5.74) is 1.68. The van der Waals surface area contributed by atoms with Crippen molar-refractivity contribution in [1.29, 1.82) is 0 Å². The molecule has 0 spiro atoms. The minimum Gasteiger partial charge on any atom is -0.445 e. The third-order valence-electron chi connectivity index (χ3n) is 4.50. The van der Waals surface area contributed by atoms with Gasteiger partial charge in [0.15, 0.2) is 0 Å². The summed E-state index contributed by atoms with van der Waals surface area (Å²) >= 11 is 0. The first-order chi connectivity index (χ1) is 11.6. The van der Waals surface area contributed by atoms with Crippen molar-refractivity contribution >= 4 is 18.3 Å². The van der Waals surface area contributed by atoms with Crippen molar-refractivity contribution in [3.05, 3.63) is 47.7 Å². The highest BCUT2D eigenvalue weighted by atomic mass is 16.6. The van der Waals surface area contributed by atoms with Crippen molar-refractivity contribution < 1.29 is 19.1 Å². The van der Waals surface area contributed by atoms with Gasteiger partial charge in [0.05, 0.1) is 6.54 Å². The molecule has 0 saturated carbocycles. The molecule has 1 saturated heterocycles. The van der Waals surface area contributed by atoms with Gasteiger partial charge in [-0.25, -0.2) is 4.79 Å². The van der Waals surface area contributed by atoms with Crippen molar-refractivity contribution in [1.82, 2.24) is 9.80 Å². The third-order valence-corrected chi connectivity index (χ3v) is 4.50. The zero-order chi connectivity index (χ0) is 17.1. The Balaban J connectivity index is 1.66. The molecule has 1 fully saturated rings. The van der Waals surface area contributed by atoms with Gasteiger partial charge in [0.25, 0.3) is 0 Å². The molecule has 1 aromatic carbocycles. The number of hydrogen-bond acceptors (Lipinski definition) is 4. The van der Waals surface area contributed by atoms with E-state index in [0.29, 0.717) is 19.4 Å². The number of amides is 2. The van der Waals surface area contributed by atoms with Crippen LogP contribution in [-0.2, 0) is 20.9 Å². The van der Waals surface area contributed by atoms with E-state index in [4.69, 9.17) is 4.74 Å². The summed E-state index contributed by atoms with van der Waals surface area (Å²) in [4.78, 5) is 38.9. The van der Waals surface area contributed by atoms with Crippen LogP contribution in [0.5, 0.6) is 0 Å². The smallest absolute Gasteiger partial charge is 0.411 e. The number of fused-ring (bicyclic) bond motifs is 1. The molecule has 2 heterocycles. The van der Waals surface area contributed by atoms with Gasteiger partial charge in [0.2, 0.25) is 5.91 Å². The molecule has 0 aliphatic carbocycles. The maximum atomic E-state index is 12.6. The Morgan fingerprint density at radius 1 is 1.33 bits per heavy atom. The standard InChI is InChI=1S/C18H20N2O4/c1-13-17(22)20-15(9-10-21)7-8-16(20)11-19(13)18(23)24-12-14-5-3-2-4-6-14/h2-6,8,10,13,15H,7,9,11-12H2,1H3/t13-,15?/m0/s1. The summed E-state index contributed by atoms with van der Waals surface area (Å²) in [6.45, 7) is 2.20. The second-order valence-electron chi connectivity index (χ2n) is 6.04. The van der Waals surface area contributed by atoms with Crippen LogP contribution in [0.2, 0.25) is 0 Å². The van der Waals surface area contributed by atoms with E-state index >= 15 is 0 Å². The first-order valence-corrected chi connectivity index (χ1v) is 8.05. The molecule has 3 rings (SSSR count). The SMILES string of the molecule is C[C@H]1C(=O)N2C(=CCC2CC=O)CN1C(=O)OCc1ccccc1. The molecule has 0 aromatic heterocycles. The summed E-state index contributed by atoms with van der Waals surface area (Å²) in [6, 6.07) is 8.70. The van der Waals surface area contributed by atoms with Crippen LogP contribution in [0, 0.1) is 0 Å². The quantitative estimate of drug-likeness (QED) is 0.794. The lowest BCUT2D eigenvalue weighted by molar-refractivity contribution is -0.138. The number of benzene rings is 1. The van der Waals surface area contributed by atoms with E-state index in [9.17, 15) is 14.4 Å². The number of carbonyl (C=O) groups is 3. The predicted octanol–water partition coefficient (Wildman–Crippen LogP) is 2.10. The Morgan fingerprint density at radius 3 is 2.79 bits per heavy atom. The van der Waals surface area contributed by atoms with Gasteiger partial charge in [-0.15, -0.1) is 0 Å². The van der Waals surface area contributed by atoms with Crippen LogP contribution in [-0.4, -0.2) is 46.7 Å². The van der Waals surface area contributed by atoms with Gasteiger partial charge in [-0.1, -0.05) is 36.4 Å². The third kappa shape index (κ3) is 3.04. The Hall–Kier alpha value is -2.63. The fraction of sp³-hybridized carbons (Fsp3) is 0.389. The lowest BCUT2D eigenvalue weighted by Crippen LogP contribution is -2.57. The molecule has 126 valence electrons. The average Bonchev–Trinajstić information content (AvgIpc) is 3.00. The molecule has 1 unspecified atom stereocenters. The van der Waals surface area contributed by atoms with E-state index in [0.717, 1.165) is 17.5 Å². The van der Waals surface area contributed by atoms with Crippen LogP contribution in [0.4, 0.5) is 4.79 Å². The van der Waals surface area contributed by atoms with Crippen molar-refractivity contribution in [2.75, 3.05) is 6.54 Å². The Labute approximate surface area is 140 Å². The molecular weight excluding hydrogens is 308 g/mol. The minimum absolute atomic E-state index is 0.116. The molecule has 2 amide bonds. The van der Waals surface area contributed by atoms with Gasteiger partial charge in [-0.2, -0.15) is 0 Å². The maximum absolute atomic E-state index is 12.6.